The number of fused-ring (bicyclic) bond motifs is 1. The Hall–Kier alpha value is 0.270. The lowest BCUT2D eigenvalue weighted by Crippen LogP contribution is -2.43. The van der Waals surface area contributed by atoms with Crippen LogP contribution in [0.3, 0.4) is 0 Å². The smallest absolute Gasteiger partial charge is 0.0223 e. The van der Waals surface area contributed by atoms with Crippen LogP contribution in [0, 0.1) is 0 Å². The van der Waals surface area contributed by atoms with Gasteiger partial charge in [0.2, 0.25) is 0 Å². The standard InChI is InChI=1S/C15H28N2S/c1-18-15-7-5-13(6-8-15)17-11-3-10-16-9-2-4-14(16)12-17/h13-15H,2-12H2,1H3. The molecule has 0 N–H and O–H groups in total. The van der Waals surface area contributed by atoms with Gasteiger partial charge in [0.05, 0.1) is 0 Å². The summed E-state index contributed by atoms with van der Waals surface area (Å²) in [7, 11) is 0. The van der Waals surface area contributed by atoms with Gasteiger partial charge >= 0.3 is 0 Å². The first kappa shape index (κ1) is 13.3. The van der Waals surface area contributed by atoms with Gasteiger partial charge in [-0.05, 0) is 70.8 Å². The molecule has 2 saturated heterocycles. The fourth-order valence-electron chi connectivity index (χ4n) is 4.21. The molecule has 104 valence electrons. The van der Waals surface area contributed by atoms with Crippen LogP contribution in [0.5, 0.6) is 0 Å². The average Bonchev–Trinajstić information content (AvgIpc) is 2.76. The molecule has 2 aliphatic heterocycles. The Morgan fingerprint density at radius 1 is 0.778 bits per heavy atom. The van der Waals surface area contributed by atoms with Crippen molar-refractivity contribution in [2.24, 2.45) is 0 Å². The van der Waals surface area contributed by atoms with Gasteiger partial charge in [0.1, 0.15) is 0 Å². The summed E-state index contributed by atoms with van der Waals surface area (Å²) >= 11 is 2.09. The second kappa shape index (κ2) is 6.15. The molecule has 0 spiro atoms. The monoisotopic (exact) mass is 268 g/mol. The van der Waals surface area contributed by atoms with Crippen molar-refractivity contribution in [3.8, 4) is 0 Å². The van der Waals surface area contributed by atoms with E-state index in [0.29, 0.717) is 0 Å². The maximum atomic E-state index is 2.85. The van der Waals surface area contributed by atoms with Gasteiger partial charge < -0.3 is 0 Å². The first-order valence-electron chi connectivity index (χ1n) is 7.87. The van der Waals surface area contributed by atoms with Gasteiger partial charge in [0.25, 0.3) is 0 Å². The van der Waals surface area contributed by atoms with Crippen molar-refractivity contribution in [1.29, 1.82) is 0 Å². The van der Waals surface area contributed by atoms with E-state index in [1.165, 1.54) is 71.1 Å². The molecule has 3 heteroatoms. The molecule has 3 rings (SSSR count). The van der Waals surface area contributed by atoms with E-state index in [2.05, 4.69) is 27.8 Å². The molecule has 1 unspecified atom stereocenters. The van der Waals surface area contributed by atoms with Crippen LogP contribution in [0.4, 0.5) is 0 Å². The zero-order chi connectivity index (χ0) is 12.4. The maximum Gasteiger partial charge on any atom is 0.0223 e. The topological polar surface area (TPSA) is 6.48 Å². The van der Waals surface area contributed by atoms with E-state index in [4.69, 9.17) is 0 Å². The minimum absolute atomic E-state index is 0.894. The first-order chi connectivity index (χ1) is 8.86. The normalized spacial score (nSPS) is 39.5. The van der Waals surface area contributed by atoms with Gasteiger partial charge in [-0.15, -0.1) is 0 Å². The number of nitrogens with zero attached hydrogens (tertiary/aromatic N) is 2. The van der Waals surface area contributed by atoms with Gasteiger partial charge in [-0.25, -0.2) is 0 Å². The molecule has 3 fully saturated rings. The third kappa shape index (κ3) is 2.88. The zero-order valence-electron chi connectivity index (χ0n) is 11.8. The lowest BCUT2D eigenvalue weighted by Gasteiger charge is -2.37. The minimum atomic E-state index is 0.894. The molecule has 2 nitrogen and oxygen atoms in total. The van der Waals surface area contributed by atoms with Crippen molar-refractivity contribution in [3.05, 3.63) is 0 Å². The lowest BCUT2D eigenvalue weighted by atomic mass is 9.93. The summed E-state index contributed by atoms with van der Waals surface area (Å²) in [5.74, 6) is 0. The average molecular weight is 268 g/mol. The Bertz CT molecular complexity index is 263. The first-order valence-corrected chi connectivity index (χ1v) is 9.16. The summed E-state index contributed by atoms with van der Waals surface area (Å²) < 4.78 is 0. The van der Waals surface area contributed by atoms with Crippen LogP contribution in [0.2, 0.25) is 0 Å². The molecule has 0 aromatic carbocycles. The number of hydrogen-bond acceptors (Lipinski definition) is 3. The Balaban J connectivity index is 1.55. The van der Waals surface area contributed by atoms with E-state index in [0.717, 1.165) is 17.3 Å². The highest BCUT2D eigenvalue weighted by Crippen LogP contribution is 2.31. The maximum absolute atomic E-state index is 2.85. The molecule has 1 saturated carbocycles. The molecule has 0 bridgehead atoms. The van der Waals surface area contributed by atoms with Crippen molar-refractivity contribution in [1.82, 2.24) is 9.80 Å². The molecule has 2 heterocycles. The van der Waals surface area contributed by atoms with Crippen LogP contribution in [-0.4, -0.2) is 59.6 Å². The number of hydrogen-bond donors (Lipinski definition) is 0. The highest BCUT2D eigenvalue weighted by molar-refractivity contribution is 7.99. The molecule has 1 aliphatic carbocycles. The van der Waals surface area contributed by atoms with Gasteiger partial charge in [-0.1, -0.05) is 0 Å². The van der Waals surface area contributed by atoms with Crippen LogP contribution in [0.1, 0.15) is 44.9 Å². The summed E-state index contributed by atoms with van der Waals surface area (Å²) in [5, 5.41) is 0.955. The van der Waals surface area contributed by atoms with E-state index < -0.39 is 0 Å². The van der Waals surface area contributed by atoms with E-state index in [-0.39, 0.29) is 0 Å². The highest BCUT2D eigenvalue weighted by atomic mass is 32.2. The zero-order valence-corrected chi connectivity index (χ0v) is 12.6. The predicted octanol–water partition coefficient (Wildman–Crippen LogP) is 2.83. The SMILES string of the molecule is CSC1CCC(N2CCCN3CCCC3C2)CC1. The Labute approximate surface area is 116 Å². The second-order valence-electron chi connectivity index (χ2n) is 6.35. The summed E-state index contributed by atoms with van der Waals surface area (Å²) in [6.45, 7) is 5.47. The van der Waals surface area contributed by atoms with Gasteiger partial charge in [0.15, 0.2) is 0 Å². The largest absolute Gasteiger partial charge is 0.299 e. The van der Waals surface area contributed by atoms with Crippen molar-refractivity contribution >= 4 is 11.8 Å². The van der Waals surface area contributed by atoms with E-state index in [1.54, 1.807) is 0 Å². The summed E-state index contributed by atoms with van der Waals surface area (Å²) in [5.41, 5.74) is 0. The Kier molecular flexibility index (Phi) is 4.53. The minimum Gasteiger partial charge on any atom is -0.299 e. The number of thioether (sulfide) groups is 1. The highest BCUT2D eigenvalue weighted by Gasteiger charge is 2.32. The van der Waals surface area contributed by atoms with Crippen LogP contribution < -0.4 is 0 Å². The van der Waals surface area contributed by atoms with Gasteiger partial charge in [0, 0.05) is 23.9 Å². The third-order valence-corrected chi connectivity index (χ3v) is 6.47. The molecule has 1 atom stereocenters. The van der Waals surface area contributed by atoms with Crippen LogP contribution >= 0.6 is 11.8 Å². The van der Waals surface area contributed by atoms with Crippen molar-refractivity contribution in [2.45, 2.75) is 62.3 Å². The molecule has 0 aromatic heterocycles. The molecule has 0 radical (unpaired) electrons. The molecule has 0 aromatic rings. The third-order valence-electron chi connectivity index (χ3n) is 5.33. The quantitative estimate of drug-likeness (QED) is 0.760. The summed E-state index contributed by atoms with van der Waals surface area (Å²) in [4.78, 5) is 5.61. The Morgan fingerprint density at radius 2 is 1.50 bits per heavy atom. The fourth-order valence-corrected chi connectivity index (χ4v) is 4.96. The van der Waals surface area contributed by atoms with Crippen molar-refractivity contribution in [2.75, 3.05) is 32.4 Å². The van der Waals surface area contributed by atoms with Crippen LogP contribution in [-0.2, 0) is 0 Å². The Morgan fingerprint density at radius 3 is 2.28 bits per heavy atom. The molecule has 0 amide bonds. The van der Waals surface area contributed by atoms with Crippen molar-refractivity contribution < 1.29 is 0 Å². The van der Waals surface area contributed by atoms with E-state index in [9.17, 15) is 0 Å². The molecule has 18 heavy (non-hydrogen) atoms. The van der Waals surface area contributed by atoms with E-state index in [1.807, 2.05) is 0 Å². The molecular weight excluding hydrogens is 240 g/mol. The van der Waals surface area contributed by atoms with Gasteiger partial charge in [-0.2, -0.15) is 11.8 Å². The summed E-state index contributed by atoms with van der Waals surface area (Å²) in [6, 6.07) is 1.81. The van der Waals surface area contributed by atoms with Crippen LogP contribution in [0.25, 0.3) is 0 Å². The van der Waals surface area contributed by atoms with Crippen molar-refractivity contribution in [3.63, 3.8) is 0 Å². The fraction of sp³-hybridized carbons (Fsp3) is 1.00. The van der Waals surface area contributed by atoms with Crippen LogP contribution in [0.15, 0.2) is 0 Å². The summed E-state index contributed by atoms with van der Waals surface area (Å²) in [6.07, 6.45) is 12.4. The predicted molar refractivity (Wildman–Crippen MR) is 80.3 cm³/mol. The van der Waals surface area contributed by atoms with E-state index >= 15 is 0 Å². The molecular formula is C15H28N2S. The second-order valence-corrected chi connectivity index (χ2v) is 7.48. The van der Waals surface area contributed by atoms with Gasteiger partial charge in [-0.3, -0.25) is 9.80 Å². The number of rotatable bonds is 2. The lowest BCUT2D eigenvalue weighted by molar-refractivity contribution is 0.143. The molecule has 3 aliphatic rings.